The molecule has 0 radical (unpaired) electrons. The number of rotatable bonds is 1. The summed E-state index contributed by atoms with van der Waals surface area (Å²) in [6.45, 7) is 4.16. The molecule has 0 unspecified atom stereocenters. The lowest BCUT2D eigenvalue weighted by Crippen LogP contribution is -1.96. The third-order valence-corrected chi connectivity index (χ3v) is 3.71. The molecule has 1 aromatic heterocycles. The lowest BCUT2D eigenvalue weighted by atomic mass is 10.1. The summed E-state index contributed by atoms with van der Waals surface area (Å²) in [5.41, 5.74) is 5.34. The number of imidazole rings is 1. The van der Waals surface area contributed by atoms with Crippen molar-refractivity contribution in [2.75, 3.05) is 0 Å². The highest BCUT2D eigenvalue weighted by molar-refractivity contribution is 7.71. The quantitative estimate of drug-likeness (QED) is 0.628. The molecule has 0 bridgehead atoms. The van der Waals surface area contributed by atoms with E-state index in [2.05, 4.69) is 37.0 Å². The number of benzene rings is 2. The zero-order chi connectivity index (χ0) is 13.6. The van der Waals surface area contributed by atoms with Gasteiger partial charge in [0, 0.05) is 5.69 Å². The molecule has 1 N–H and O–H groups in total. The van der Waals surface area contributed by atoms with Gasteiger partial charge >= 0.3 is 0 Å². The number of para-hydroxylation sites is 1. The van der Waals surface area contributed by atoms with Crippen molar-refractivity contribution in [1.29, 1.82) is 0 Å². The summed E-state index contributed by atoms with van der Waals surface area (Å²) in [4.78, 5) is 3.20. The molecular formula is C15H13ClN2S. The van der Waals surface area contributed by atoms with Gasteiger partial charge in [-0.1, -0.05) is 23.7 Å². The summed E-state index contributed by atoms with van der Waals surface area (Å²) in [5, 5.41) is 0.698. The van der Waals surface area contributed by atoms with Crippen LogP contribution in [-0.4, -0.2) is 9.55 Å². The van der Waals surface area contributed by atoms with Gasteiger partial charge in [-0.3, -0.25) is 4.57 Å². The van der Waals surface area contributed by atoms with Crippen molar-refractivity contribution in [3.8, 4) is 5.69 Å². The zero-order valence-electron chi connectivity index (χ0n) is 10.7. The number of aryl methyl sites for hydroxylation is 2. The van der Waals surface area contributed by atoms with E-state index in [1.54, 1.807) is 0 Å². The first-order chi connectivity index (χ1) is 9.06. The van der Waals surface area contributed by atoms with Crippen LogP contribution in [0.15, 0.2) is 36.4 Å². The van der Waals surface area contributed by atoms with Crippen LogP contribution in [0.2, 0.25) is 5.02 Å². The number of hydrogen-bond acceptors (Lipinski definition) is 1. The molecule has 0 saturated heterocycles. The number of nitrogens with zero attached hydrogens (tertiary/aromatic N) is 1. The maximum absolute atomic E-state index is 6.32. The number of aromatic amines is 1. The van der Waals surface area contributed by atoms with E-state index < -0.39 is 0 Å². The molecule has 0 saturated carbocycles. The molecule has 3 rings (SSSR count). The number of fused-ring (bicyclic) bond motifs is 1. The van der Waals surface area contributed by atoms with Gasteiger partial charge < -0.3 is 4.98 Å². The monoisotopic (exact) mass is 288 g/mol. The first-order valence-electron chi connectivity index (χ1n) is 6.04. The van der Waals surface area contributed by atoms with Gasteiger partial charge in [0.2, 0.25) is 0 Å². The first kappa shape index (κ1) is 12.5. The summed E-state index contributed by atoms with van der Waals surface area (Å²) in [6.07, 6.45) is 0. The molecule has 0 fully saturated rings. The predicted molar refractivity (Wildman–Crippen MR) is 82.9 cm³/mol. The number of H-pyrrole nitrogens is 1. The van der Waals surface area contributed by atoms with E-state index in [9.17, 15) is 0 Å². The standard InChI is InChI=1S/C15H13ClN2S/c1-9-6-10(2)8-11(7-9)18-14-12(16)4-3-5-13(14)17-15(18)19/h3-8H,1-2H3,(H,17,19). The molecule has 0 aliphatic rings. The summed E-state index contributed by atoms with van der Waals surface area (Å²) < 4.78 is 2.65. The number of nitrogens with one attached hydrogen (secondary N) is 1. The Morgan fingerprint density at radius 1 is 1.11 bits per heavy atom. The van der Waals surface area contributed by atoms with E-state index in [4.69, 9.17) is 23.8 Å². The van der Waals surface area contributed by atoms with Crippen molar-refractivity contribution in [3.63, 3.8) is 0 Å². The zero-order valence-corrected chi connectivity index (χ0v) is 12.3. The SMILES string of the molecule is Cc1cc(C)cc(-n2c(=S)[nH]c3cccc(Cl)c32)c1. The van der Waals surface area contributed by atoms with Crippen molar-refractivity contribution in [1.82, 2.24) is 9.55 Å². The fourth-order valence-corrected chi connectivity index (χ4v) is 3.01. The molecule has 0 aliphatic heterocycles. The molecular weight excluding hydrogens is 276 g/mol. The molecule has 0 amide bonds. The highest BCUT2D eigenvalue weighted by Crippen LogP contribution is 2.27. The first-order valence-corrected chi connectivity index (χ1v) is 6.83. The highest BCUT2D eigenvalue weighted by Gasteiger charge is 2.10. The summed E-state index contributed by atoms with van der Waals surface area (Å²) >= 11 is 11.7. The van der Waals surface area contributed by atoms with Gasteiger partial charge in [0.25, 0.3) is 0 Å². The second-order valence-corrected chi connectivity index (χ2v) is 5.54. The minimum atomic E-state index is 0.660. The Morgan fingerprint density at radius 2 is 1.79 bits per heavy atom. The van der Waals surface area contributed by atoms with E-state index >= 15 is 0 Å². The molecule has 4 heteroatoms. The van der Waals surface area contributed by atoms with Crippen molar-refractivity contribution in [2.45, 2.75) is 13.8 Å². The molecule has 3 aromatic rings. The van der Waals surface area contributed by atoms with Crippen LogP contribution in [0.25, 0.3) is 16.7 Å². The lowest BCUT2D eigenvalue weighted by molar-refractivity contribution is 1.06. The van der Waals surface area contributed by atoms with Crippen molar-refractivity contribution in [2.24, 2.45) is 0 Å². The summed E-state index contributed by atoms with van der Waals surface area (Å²) in [6, 6.07) is 12.1. The molecule has 96 valence electrons. The minimum absolute atomic E-state index is 0.660. The second kappa shape index (κ2) is 4.51. The van der Waals surface area contributed by atoms with E-state index in [0.717, 1.165) is 16.7 Å². The second-order valence-electron chi connectivity index (χ2n) is 4.75. The van der Waals surface area contributed by atoms with Crippen molar-refractivity contribution in [3.05, 3.63) is 57.3 Å². The number of hydrogen-bond donors (Lipinski definition) is 1. The average molecular weight is 289 g/mol. The predicted octanol–water partition coefficient (Wildman–Crippen LogP) is 4.96. The summed E-state index contributed by atoms with van der Waals surface area (Å²) in [7, 11) is 0. The Balaban J connectivity index is 2.42. The Hall–Kier alpha value is -1.58. The van der Waals surface area contributed by atoms with Gasteiger partial charge in [0.1, 0.15) is 0 Å². The van der Waals surface area contributed by atoms with Gasteiger partial charge in [-0.05, 0) is 61.5 Å². The molecule has 0 aliphatic carbocycles. The van der Waals surface area contributed by atoms with Crippen LogP contribution in [-0.2, 0) is 0 Å². The fourth-order valence-electron chi connectivity index (χ4n) is 2.44. The van der Waals surface area contributed by atoms with Crippen molar-refractivity contribution < 1.29 is 0 Å². The van der Waals surface area contributed by atoms with E-state index in [-0.39, 0.29) is 0 Å². The number of aromatic nitrogens is 2. The molecule has 0 spiro atoms. The molecule has 1 heterocycles. The topological polar surface area (TPSA) is 20.7 Å². The van der Waals surface area contributed by atoms with Crippen LogP contribution in [0.5, 0.6) is 0 Å². The maximum Gasteiger partial charge on any atom is 0.182 e. The van der Waals surface area contributed by atoms with E-state index in [0.29, 0.717) is 9.79 Å². The van der Waals surface area contributed by atoms with E-state index in [1.165, 1.54) is 11.1 Å². The fraction of sp³-hybridized carbons (Fsp3) is 0.133. The average Bonchev–Trinajstić information content (AvgIpc) is 2.65. The third-order valence-electron chi connectivity index (χ3n) is 3.12. The van der Waals surface area contributed by atoms with Crippen LogP contribution in [0.3, 0.4) is 0 Å². The van der Waals surface area contributed by atoms with Crippen LogP contribution in [0.4, 0.5) is 0 Å². The third kappa shape index (κ3) is 2.09. The Labute approximate surface area is 121 Å². The van der Waals surface area contributed by atoms with Gasteiger partial charge in [0.05, 0.1) is 16.1 Å². The normalized spacial score (nSPS) is 11.1. The van der Waals surface area contributed by atoms with Gasteiger partial charge in [0.15, 0.2) is 4.77 Å². The molecule has 0 atom stereocenters. The van der Waals surface area contributed by atoms with Gasteiger partial charge in [-0.25, -0.2) is 0 Å². The number of halogens is 1. The summed E-state index contributed by atoms with van der Waals surface area (Å²) in [5.74, 6) is 0. The van der Waals surface area contributed by atoms with Crippen LogP contribution in [0, 0.1) is 18.6 Å². The van der Waals surface area contributed by atoms with E-state index in [1.807, 2.05) is 22.8 Å². The Kier molecular flexibility index (Phi) is 2.96. The van der Waals surface area contributed by atoms with Crippen LogP contribution >= 0.6 is 23.8 Å². The van der Waals surface area contributed by atoms with Gasteiger partial charge in [-0.15, -0.1) is 0 Å². The maximum atomic E-state index is 6.32. The lowest BCUT2D eigenvalue weighted by Gasteiger charge is -2.08. The Bertz CT molecular complexity index is 810. The minimum Gasteiger partial charge on any atom is -0.330 e. The smallest absolute Gasteiger partial charge is 0.182 e. The molecule has 19 heavy (non-hydrogen) atoms. The Morgan fingerprint density at radius 3 is 2.47 bits per heavy atom. The molecule has 2 nitrogen and oxygen atoms in total. The van der Waals surface area contributed by atoms with Crippen LogP contribution < -0.4 is 0 Å². The van der Waals surface area contributed by atoms with Crippen molar-refractivity contribution >= 4 is 34.9 Å². The largest absolute Gasteiger partial charge is 0.330 e. The van der Waals surface area contributed by atoms with Gasteiger partial charge in [-0.2, -0.15) is 0 Å². The van der Waals surface area contributed by atoms with Crippen LogP contribution in [0.1, 0.15) is 11.1 Å². The highest BCUT2D eigenvalue weighted by atomic mass is 35.5. The molecule has 2 aromatic carbocycles.